The molecule has 0 spiro atoms. The van der Waals surface area contributed by atoms with Crippen molar-refractivity contribution in [2.45, 2.75) is 82.5 Å². The Kier molecular flexibility index (Phi) is 4.22. The largest absolute Gasteiger partial charge is 0.351 e. The quantitative estimate of drug-likeness (QED) is 0.880. The minimum Gasteiger partial charge on any atom is -0.351 e. The molecule has 2 amide bonds. The van der Waals surface area contributed by atoms with Crippen molar-refractivity contribution in [2.24, 2.45) is 0 Å². The Balaban J connectivity index is 1.58. The molecule has 2 heterocycles. The molecular weight excluding hydrogens is 350 g/mol. The average Bonchev–Trinajstić information content (AvgIpc) is 3.43. The lowest BCUT2D eigenvalue weighted by molar-refractivity contribution is -0.135. The van der Waals surface area contributed by atoms with Crippen molar-refractivity contribution in [1.82, 2.24) is 14.8 Å². The summed E-state index contributed by atoms with van der Waals surface area (Å²) in [4.78, 5) is 29.1. The van der Waals surface area contributed by atoms with Gasteiger partial charge in [-0.3, -0.25) is 9.59 Å². The number of nitrogens with zero attached hydrogens (tertiary/aromatic N) is 2. The van der Waals surface area contributed by atoms with Gasteiger partial charge in [-0.2, -0.15) is 0 Å². The summed E-state index contributed by atoms with van der Waals surface area (Å²) in [6.07, 6.45) is 8.73. The maximum atomic E-state index is 13.7. The highest BCUT2D eigenvalue weighted by molar-refractivity contribution is 6.03. The van der Waals surface area contributed by atoms with Gasteiger partial charge in [0.2, 0.25) is 5.91 Å². The molecule has 2 aromatic rings. The molecule has 1 atom stereocenters. The van der Waals surface area contributed by atoms with E-state index in [-0.39, 0.29) is 23.9 Å². The molecule has 2 saturated carbocycles. The van der Waals surface area contributed by atoms with Crippen LogP contribution >= 0.6 is 0 Å². The molecule has 1 aliphatic heterocycles. The fourth-order valence-corrected chi connectivity index (χ4v) is 5.61. The molecule has 1 aromatic heterocycles. The number of carbonyl (C=O) groups excluding carboxylic acids is 2. The molecule has 0 radical (unpaired) electrons. The molecule has 5 nitrogen and oxygen atoms in total. The zero-order valence-corrected chi connectivity index (χ0v) is 16.6. The Morgan fingerprint density at radius 3 is 2.50 bits per heavy atom. The van der Waals surface area contributed by atoms with Crippen molar-refractivity contribution < 1.29 is 9.59 Å². The number of nitrogens with one attached hydrogen (secondary N) is 1. The van der Waals surface area contributed by atoms with Crippen LogP contribution in [0.25, 0.3) is 10.9 Å². The third-order valence-corrected chi connectivity index (χ3v) is 7.12. The van der Waals surface area contributed by atoms with E-state index in [1.807, 2.05) is 42.2 Å². The second kappa shape index (κ2) is 6.64. The summed E-state index contributed by atoms with van der Waals surface area (Å²) in [6.45, 7) is 2.50. The number of carbonyl (C=O) groups is 2. The summed E-state index contributed by atoms with van der Waals surface area (Å²) in [5.74, 6) is 0.0292. The first-order valence-corrected chi connectivity index (χ1v) is 10.8. The fraction of sp³-hybridized carbons (Fsp3) is 0.565. The SMILES string of the molecule is CC1(C(=O)NC2CCCC2)Cn2c(cc3ccccc32)C(=O)N1C1CCCC1. The van der Waals surface area contributed by atoms with Gasteiger partial charge in [-0.25, -0.2) is 0 Å². The summed E-state index contributed by atoms with van der Waals surface area (Å²) in [5.41, 5.74) is 0.916. The molecular formula is C23H29N3O2. The van der Waals surface area contributed by atoms with E-state index in [2.05, 4.69) is 9.88 Å². The average molecular weight is 380 g/mol. The Morgan fingerprint density at radius 1 is 1.07 bits per heavy atom. The van der Waals surface area contributed by atoms with Gasteiger partial charge in [0.1, 0.15) is 11.2 Å². The zero-order valence-electron chi connectivity index (χ0n) is 16.6. The van der Waals surface area contributed by atoms with Gasteiger partial charge < -0.3 is 14.8 Å². The lowest BCUT2D eigenvalue weighted by Gasteiger charge is -2.47. The molecule has 1 unspecified atom stereocenters. The van der Waals surface area contributed by atoms with Crippen LogP contribution in [0.3, 0.4) is 0 Å². The Morgan fingerprint density at radius 2 is 1.75 bits per heavy atom. The zero-order chi connectivity index (χ0) is 19.3. The summed E-state index contributed by atoms with van der Waals surface area (Å²) < 4.78 is 2.07. The van der Waals surface area contributed by atoms with Crippen LogP contribution in [0.15, 0.2) is 30.3 Å². The first-order chi connectivity index (χ1) is 13.6. The van der Waals surface area contributed by atoms with Crippen molar-refractivity contribution in [1.29, 1.82) is 0 Å². The third-order valence-electron chi connectivity index (χ3n) is 7.12. The molecule has 148 valence electrons. The van der Waals surface area contributed by atoms with Gasteiger partial charge in [0.25, 0.3) is 5.91 Å². The Hall–Kier alpha value is -2.30. The van der Waals surface area contributed by atoms with Crippen molar-refractivity contribution >= 4 is 22.7 Å². The second-order valence-corrected chi connectivity index (χ2v) is 9.02. The van der Waals surface area contributed by atoms with Crippen LogP contribution in [0.4, 0.5) is 0 Å². The fourth-order valence-electron chi connectivity index (χ4n) is 5.61. The number of aromatic nitrogens is 1. The summed E-state index contributed by atoms with van der Waals surface area (Å²) in [7, 11) is 0. The van der Waals surface area contributed by atoms with E-state index >= 15 is 0 Å². The van der Waals surface area contributed by atoms with Crippen molar-refractivity contribution in [3.05, 3.63) is 36.0 Å². The highest BCUT2D eigenvalue weighted by Crippen LogP contribution is 2.38. The highest BCUT2D eigenvalue weighted by atomic mass is 16.2. The number of rotatable bonds is 3. The minimum atomic E-state index is -0.844. The van der Waals surface area contributed by atoms with E-state index in [0.717, 1.165) is 55.1 Å². The maximum absolute atomic E-state index is 13.7. The van der Waals surface area contributed by atoms with Gasteiger partial charge in [-0.15, -0.1) is 0 Å². The monoisotopic (exact) mass is 379 g/mol. The number of amides is 2. The van der Waals surface area contributed by atoms with Crippen LogP contribution in [0.2, 0.25) is 0 Å². The first kappa shape index (κ1) is 17.8. The maximum Gasteiger partial charge on any atom is 0.271 e. The van der Waals surface area contributed by atoms with Gasteiger partial charge in [-0.1, -0.05) is 43.9 Å². The highest BCUT2D eigenvalue weighted by Gasteiger charge is 2.51. The third kappa shape index (κ3) is 2.66. The second-order valence-electron chi connectivity index (χ2n) is 9.02. The Labute approximate surface area is 166 Å². The lowest BCUT2D eigenvalue weighted by atomic mass is 9.91. The number of hydrogen-bond acceptors (Lipinski definition) is 2. The number of hydrogen-bond donors (Lipinski definition) is 1. The Bertz CT molecular complexity index is 921. The molecule has 5 rings (SSSR count). The van der Waals surface area contributed by atoms with Gasteiger partial charge in [0.05, 0.1) is 6.54 Å². The summed E-state index contributed by atoms with van der Waals surface area (Å²) in [6, 6.07) is 10.5. The van der Waals surface area contributed by atoms with Gasteiger partial charge >= 0.3 is 0 Å². The van der Waals surface area contributed by atoms with E-state index in [4.69, 9.17) is 0 Å². The van der Waals surface area contributed by atoms with Crippen LogP contribution < -0.4 is 5.32 Å². The van der Waals surface area contributed by atoms with Crippen LogP contribution in [0.1, 0.15) is 68.8 Å². The van der Waals surface area contributed by atoms with Crippen molar-refractivity contribution in [3.63, 3.8) is 0 Å². The molecule has 1 N–H and O–H groups in total. The molecule has 1 aromatic carbocycles. The van der Waals surface area contributed by atoms with E-state index in [1.54, 1.807) is 0 Å². The van der Waals surface area contributed by atoms with Gasteiger partial charge in [0.15, 0.2) is 0 Å². The molecule has 2 aliphatic carbocycles. The number of para-hydroxylation sites is 1. The predicted octanol–water partition coefficient (Wildman–Crippen LogP) is 3.86. The van der Waals surface area contributed by atoms with E-state index in [0.29, 0.717) is 6.54 Å². The standard InChI is InChI=1S/C23H29N3O2/c1-23(22(28)24-17-9-3-4-10-17)15-25-19-13-7-2-8-16(19)14-20(25)21(27)26(23)18-11-5-6-12-18/h2,7-8,13-14,17-18H,3-6,9-12,15H2,1H3,(H,24,28). The molecule has 2 fully saturated rings. The summed E-state index contributed by atoms with van der Waals surface area (Å²) >= 11 is 0. The van der Waals surface area contributed by atoms with E-state index < -0.39 is 5.54 Å². The molecule has 3 aliphatic rings. The van der Waals surface area contributed by atoms with E-state index in [9.17, 15) is 9.59 Å². The van der Waals surface area contributed by atoms with Gasteiger partial charge in [0, 0.05) is 23.0 Å². The van der Waals surface area contributed by atoms with Crippen LogP contribution in [0.5, 0.6) is 0 Å². The molecule has 0 bridgehead atoms. The minimum absolute atomic E-state index is 0.0124. The smallest absolute Gasteiger partial charge is 0.271 e. The molecule has 0 saturated heterocycles. The molecule has 5 heteroatoms. The van der Waals surface area contributed by atoms with Crippen molar-refractivity contribution in [3.8, 4) is 0 Å². The topological polar surface area (TPSA) is 54.3 Å². The van der Waals surface area contributed by atoms with E-state index in [1.165, 1.54) is 12.8 Å². The predicted molar refractivity (Wildman–Crippen MR) is 109 cm³/mol. The van der Waals surface area contributed by atoms with Crippen molar-refractivity contribution in [2.75, 3.05) is 0 Å². The normalized spacial score (nSPS) is 26.2. The van der Waals surface area contributed by atoms with Gasteiger partial charge in [-0.05, 0) is 44.7 Å². The number of fused-ring (bicyclic) bond motifs is 3. The lowest BCUT2D eigenvalue weighted by Crippen LogP contribution is -2.67. The van der Waals surface area contributed by atoms with Crippen LogP contribution in [-0.4, -0.2) is 38.9 Å². The van der Waals surface area contributed by atoms with Crippen LogP contribution in [0, 0.1) is 0 Å². The molecule has 28 heavy (non-hydrogen) atoms. The number of benzene rings is 1. The first-order valence-electron chi connectivity index (χ1n) is 10.8. The summed E-state index contributed by atoms with van der Waals surface area (Å²) in [5, 5.41) is 4.36. The van der Waals surface area contributed by atoms with Crippen LogP contribution in [-0.2, 0) is 11.3 Å².